The number of nitrogens with zero attached hydrogens (tertiary/aromatic N) is 3. The third-order valence-electron chi connectivity index (χ3n) is 7.02. The summed E-state index contributed by atoms with van der Waals surface area (Å²) in [4.78, 5) is 32.1. The largest absolute Gasteiger partial charge is 0.393 e. The van der Waals surface area contributed by atoms with Crippen molar-refractivity contribution in [2.24, 2.45) is 5.92 Å². The Labute approximate surface area is 199 Å². The molecule has 0 saturated carbocycles. The van der Waals surface area contributed by atoms with Crippen LogP contribution in [0.15, 0.2) is 18.2 Å². The molecule has 0 bridgehead atoms. The van der Waals surface area contributed by atoms with Gasteiger partial charge in [0, 0.05) is 44.4 Å². The van der Waals surface area contributed by atoms with Crippen LogP contribution >= 0.6 is 0 Å². The minimum absolute atomic E-state index is 0.0268. The van der Waals surface area contributed by atoms with Crippen molar-refractivity contribution in [3.63, 3.8) is 0 Å². The smallest absolute Gasteiger partial charge is 0.253 e. The van der Waals surface area contributed by atoms with Gasteiger partial charge in [-0.2, -0.15) is 0 Å². The highest BCUT2D eigenvalue weighted by Crippen LogP contribution is 2.27. The zero-order valence-electron chi connectivity index (χ0n) is 20.9. The normalized spacial score (nSPS) is 19.7. The molecule has 1 aromatic rings. The number of anilines is 1. The van der Waals surface area contributed by atoms with E-state index in [2.05, 4.69) is 18.7 Å². The zero-order valence-corrected chi connectivity index (χ0v) is 20.9. The van der Waals surface area contributed by atoms with Gasteiger partial charge in [0.15, 0.2) is 0 Å². The molecule has 6 heteroatoms. The molecule has 2 aliphatic heterocycles. The molecule has 184 valence electrons. The summed E-state index contributed by atoms with van der Waals surface area (Å²) in [7, 11) is 0. The van der Waals surface area contributed by atoms with Gasteiger partial charge in [-0.05, 0) is 74.9 Å². The first-order valence-electron chi connectivity index (χ1n) is 13.0. The van der Waals surface area contributed by atoms with E-state index < -0.39 is 0 Å². The Balaban J connectivity index is 1.91. The number of carbonyl (C=O) groups excluding carboxylic acids is 2. The summed E-state index contributed by atoms with van der Waals surface area (Å²) < 4.78 is 0. The quantitative estimate of drug-likeness (QED) is 0.726. The Kier molecular flexibility index (Phi) is 9.75. The van der Waals surface area contributed by atoms with Crippen molar-refractivity contribution in [3.8, 4) is 0 Å². The van der Waals surface area contributed by atoms with E-state index in [4.69, 9.17) is 0 Å². The first kappa shape index (κ1) is 25.7. The van der Waals surface area contributed by atoms with E-state index in [1.54, 1.807) is 6.92 Å². The van der Waals surface area contributed by atoms with Gasteiger partial charge in [0.1, 0.15) is 0 Å². The third kappa shape index (κ3) is 7.54. The zero-order chi connectivity index (χ0) is 23.8. The van der Waals surface area contributed by atoms with Crippen LogP contribution in [0.25, 0.3) is 0 Å². The number of aliphatic hydroxyl groups is 1. The lowest BCUT2D eigenvalue weighted by Gasteiger charge is -2.31. The summed E-state index contributed by atoms with van der Waals surface area (Å²) in [6.07, 6.45) is 7.90. The Bertz CT molecular complexity index is 787. The molecule has 0 radical (unpaired) electrons. The van der Waals surface area contributed by atoms with E-state index in [0.717, 1.165) is 56.7 Å². The Hall–Kier alpha value is -1.92. The number of carbonyl (C=O) groups is 2. The van der Waals surface area contributed by atoms with Crippen LogP contribution in [0.3, 0.4) is 0 Å². The number of hydrogen-bond donors (Lipinski definition) is 1. The SMILES string of the molecule is CC(=O)N1CCCCCCCN(CCC(C)C)Cc2cc(C(=O)N3CCC(O)CC3)ccc21. The number of amides is 2. The number of hydrogen-bond acceptors (Lipinski definition) is 4. The molecule has 0 spiro atoms. The molecule has 0 aliphatic carbocycles. The molecule has 1 fully saturated rings. The molecule has 2 amide bonds. The molecule has 2 aliphatic rings. The van der Waals surface area contributed by atoms with Crippen LogP contribution in [-0.4, -0.2) is 65.5 Å². The van der Waals surface area contributed by atoms with Gasteiger partial charge in [0.2, 0.25) is 5.91 Å². The average Bonchev–Trinajstić information content (AvgIpc) is 2.78. The molecule has 2 heterocycles. The maximum atomic E-state index is 13.2. The number of benzene rings is 1. The summed E-state index contributed by atoms with van der Waals surface area (Å²) in [5, 5.41) is 9.81. The highest BCUT2D eigenvalue weighted by Gasteiger charge is 2.25. The van der Waals surface area contributed by atoms with Gasteiger partial charge in [-0.3, -0.25) is 14.5 Å². The number of rotatable bonds is 4. The van der Waals surface area contributed by atoms with Crippen molar-refractivity contribution in [2.45, 2.75) is 84.8 Å². The summed E-state index contributed by atoms with van der Waals surface area (Å²) >= 11 is 0. The van der Waals surface area contributed by atoms with E-state index in [0.29, 0.717) is 37.4 Å². The van der Waals surface area contributed by atoms with Crippen LogP contribution in [0.2, 0.25) is 0 Å². The predicted molar refractivity (Wildman–Crippen MR) is 133 cm³/mol. The van der Waals surface area contributed by atoms with Gasteiger partial charge in [0.05, 0.1) is 6.10 Å². The second-order valence-corrected chi connectivity index (χ2v) is 10.3. The number of likely N-dealkylation sites (tertiary alicyclic amines) is 1. The topological polar surface area (TPSA) is 64.1 Å². The second-order valence-electron chi connectivity index (χ2n) is 10.3. The molecule has 1 saturated heterocycles. The number of aliphatic hydroxyl groups excluding tert-OH is 1. The Morgan fingerprint density at radius 3 is 2.33 bits per heavy atom. The Morgan fingerprint density at radius 1 is 1.00 bits per heavy atom. The van der Waals surface area contributed by atoms with Crippen molar-refractivity contribution in [3.05, 3.63) is 29.3 Å². The van der Waals surface area contributed by atoms with Crippen LogP contribution in [0.4, 0.5) is 5.69 Å². The van der Waals surface area contributed by atoms with E-state index >= 15 is 0 Å². The number of fused-ring (bicyclic) bond motifs is 1. The summed E-state index contributed by atoms with van der Waals surface area (Å²) in [6, 6.07) is 5.88. The van der Waals surface area contributed by atoms with Crippen LogP contribution in [-0.2, 0) is 11.3 Å². The molecule has 0 aromatic heterocycles. The van der Waals surface area contributed by atoms with Gasteiger partial charge < -0.3 is 14.9 Å². The van der Waals surface area contributed by atoms with E-state index in [9.17, 15) is 14.7 Å². The highest BCUT2D eigenvalue weighted by atomic mass is 16.3. The summed E-state index contributed by atoms with van der Waals surface area (Å²) in [5.41, 5.74) is 2.70. The maximum Gasteiger partial charge on any atom is 0.253 e. The van der Waals surface area contributed by atoms with Gasteiger partial charge in [-0.25, -0.2) is 0 Å². The third-order valence-corrected chi connectivity index (χ3v) is 7.02. The lowest BCUT2D eigenvalue weighted by atomic mass is 10.0. The highest BCUT2D eigenvalue weighted by molar-refractivity contribution is 5.97. The fourth-order valence-electron chi connectivity index (χ4n) is 4.89. The lowest BCUT2D eigenvalue weighted by Crippen LogP contribution is -2.40. The van der Waals surface area contributed by atoms with Crippen molar-refractivity contribution in [1.82, 2.24) is 9.80 Å². The Morgan fingerprint density at radius 2 is 1.67 bits per heavy atom. The van der Waals surface area contributed by atoms with Gasteiger partial charge >= 0.3 is 0 Å². The number of piperidine rings is 1. The fraction of sp³-hybridized carbons (Fsp3) is 0.704. The van der Waals surface area contributed by atoms with Crippen molar-refractivity contribution in [2.75, 3.05) is 37.6 Å². The maximum absolute atomic E-state index is 13.2. The lowest BCUT2D eigenvalue weighted by molar-refractivity contribution is -0.116. The first-order chi connectivity index (χ1) is 15.8. The van der Waals surface area contributed by atoms with Crippen LogP contribution in [0.1, 0.15) is 88.1 Å². The van der Waals surface area contributed by atoms with Gasteiger partial charge in [0.25, 0.3) is 5.91 Å². The van der Waals surface area contributed by atoms with Crippen molar-refractivity contribution >= 4 is 17.5 Å². The second kappa shape index (κ2) is 12.5. The predicted octanol–water partition coefficient (Wildman–Crippen LogP) is 4.45. The van der Waals surface area contributed by atoms with Gasteiger partial charge in [-0.15, -0.1) is 0 Å². The van der Waals surface area contributed by atoms with Crippen molar-refractivity contribution < 1.29 is 14.7 Å². The summed E-state index contributed by atoms with van der Waals surface area (Å²) in [5.74, 6) is 0.729. The molecular formula is C27H43N3O3. The van der Waals surface area contributed by atoms with E-state index in [1.807, 2.05) is 28.0 Å². The van der Waals surface area contributed by atoms with Gasteiger partial charge in [-0.1, -0.05) is 33.1 Å². The van der Waals surface area contributed by atoms with Crippen LogP contribution in [0.5, 0.6) is 0 Å². The molecule has 1 aromatic carbocycles. The summed E-state index contributed by atoms with van der Waals surface area (Å²) in [6.45, 7) is 10.9. The molecule has 0 atom stereocenters. The molecule has 3 rings (SSSR count). The first-order valence-corrected chi connectivity index (χ1v) is 13.0. The minimum atomic E-state index is -0.302. The van der Waals surface area contributed by atoms with Crippen LogP contribution < -0.4 is 4.90 Å². The fourth-order valence-corrected chi connectivity index (χ4v) is 4.89. The minimum Gasteiger partial charge on any atom is -0.393 e. The van der Waals surface area contributed by atoms with Crippen LogP contribution in [0, 0.1) is 5.92 Å². The molecular weight excluding hydrogens is 414 g/mol. The standard InChI is InChI=1S/C27H43N3O3/c1-21(2)11-16-28-14-7-5-4-6-8-15-30(22(3)31)26-10-9-23(19-24(26)20-28)27(33)29-17-12-25(32)13-18-29/h9-10,19,21,25,32H,4-8,11-18,20H2,1-3H3. The molecule has 0 unspecified atom stereocenters. The monoisotopic (exact) mass is 457 g/mol. The average molecular weight is 458 g/mol. The van der Waals surface area contributed by atoms with E-state index in [-0.39, 0.29) is 17.9 Å². The molecule has 33 heavy (non-hydrogen) atoms. The van der Waals surface area contributed by atoms with Crippen molar-refractivity contribution in [1.29, 1.82) is 0 Å². The molecule has 1 N–H and O–H groups in total. The molecule has 6 nitrogen and oxygen atoms in total. The van der Waals surface area contributed by atoms with E-state index in [1.165, 1.54) is 19.3 Å².